The van der Waals surface area contributed by atoms with Crippen molar-refractivity contribution < 1.29 is 19.1 Å². The van der Waals surface area contributed by atoms with Crippen LogP contribution in [0.3, 0.4) is 0 Å². The van der Waals surface area contributed by atoms with Crippen LogP contribution in [0.5, 0.6) is 0 Å². The fraction of sp³-hybridized carbons (Fsp3) is 0.526. The molecule has 0 bridgehead atoms. The molecule has 0 N–H and O–H groups in total. The van der Waals surface area contributed by atoms with Gasteiger partial charge in [0.15, 0.2) is 6.61 Å². The Bertz CT molecular complexity index is 720. The minimum atomic E-state index is -0.624. The Labute approximate surface area is 156 Å². The number of esters is 1. The Morgan fingerprint density at radius 1 is 1.19 bits per heavy atom. The number of likely N-dealkylation sites (tertiary alicyclic amines) is 1. The average Bonchev–Trinajstić information content (AvgIpc) is 3.38. The van der Waals surface area contributed by atoms with Crippen LogP contribution in [0.15, 0.2) is 30.3 Å². The number of fused-ring (bicyclic) bond motifs is 1. The number of hydrogen-bond donors (Lipinski definition) is 0. The van der Waals surface area contributed by atoms with Crippen LogP contribution in [0.1, 0.15) is 31.2 Å². The summed E-state index contributed by atoms with van der Waals surface area (Å²) in [5.41, 5.74) is 1.04. The lowest BCUT2D eigenvalue weighted by atomic mass is 10.0. The Balaban J connectivity index is 1.46. The van der Waals surface area contributed by atoms with Gasteiger partial charge in [0, 0.05) is 25.3 Å². The molecule has 6 nitrogen and oxygen atoms in total. The second-order valence-electron chi connectivity index (χ2n) is 6.94. The van der Waals surface area contributed by atoms with Gasteiger partial charge in [0.05, 0.1) is 0 Å². The lowest BCUT2D eigenvalue weighted by Crippen LogP contribution is -2.47. The Morgan fingerprint density at radius 2 is 1.92 bits per heavy atom. The van der Waals surface area contributed by atoms with Gasteiger partial charge in [-0.2, -0.15) is 0 Å². The van der Waals surface area contributed by atoms with E-state index in [0.717, 1.165) is 31.5 Å². The molecule has 3 heterocycles. The van der Waals surface area contributed by atoms with E-state index >= 15 is 0 Å². The molecule has 0 spiro atoms. The van der Waals surface area contributed by atoms with E-state index in [2.05, 4.69) is 0 Å². The van der Waals surface area contributed by atoms with Gasteiger partial charge >= 0.3 is 5.97 Å². The van der Waals surface area contributed by atoms with E-state index in [0.29, 0.717) is 18.6 Å². The summed E-state index contributed by atoms with van der Waals surface area (Å²) in [6.07, 6.45) is 3.12. The van der Waals surface area contributed by atoms with Crippen LogP contribution in [0.25, 0.3) is 0 Å². The lowest BCUT2D eigenvalue weighted by Gasteiger charge is -2.33. The second-order valence-corrected chi connectivity index (χ2v) is 8.23. The van der Waals surface area contributed by atoms with E-state index in [4.69, 9.17) is 4.74 Å². The third-order valence-corrected chi connectivity index (χ3v) is 7.02. The molecule has 0 saturated carbocycles. The highest BCUT2D eigenvalue weighted by atomic mass is 32.2. The van der Waals surface area contributed by atoms with E-state index in [1.54, 1.807) is 21.6 Å². The van der Waals surface area contributed by atoms with Crippen molar-refractivity contribution in [3.63, 3.8) is 0 Å². The summed E-state index contributed by atoms with van der Waals surface area (Å²) >= 11 is 1.62. The number of thioether (sulfide) groups is 1. The van der Waals surface area contributed by atoms with Gasteiger partial charge in [-0.3, -0.25) is 9.59 Å². The Hall–Kier alpha value is -2.02. The molecule has 0 radical (unpaired) electrons. The quantitative estimate of drug-likeness (QED) is 0.751. The Kier molecular flexibility index (Phi) is 4.65. The summed E-state index contributed by atoms with van der Waals surface area (Å²) in [5.74, 6) is -0.148. The molecular weight excluding hydrogens is 352 g/mol. The fourth-order valence-corrected chi connectivity index (χ4v) is 5.74. The molecule has 3 aliphatic rings. The first-order valence-corrected chi connectivity index (χ1v) is 10.1. The van der Waals surface area contributed by atoms with Crippen molar-refractivity contribution in [2.75, 3.05) is 25.4 Å². The summed E-state index contributed by atoms with van der Waals surface area (Å²) in [7, 11) is 0. The van der Waals surface area contributed by atoms with Crippen LogP contribution in [-0.2, 0) is 24.0 Å². The molecule has 4 rings (SSSR count). The zero-order valence-electron chi connectivity index (χ0n) is 14.6. The average molecular weight is 374 g/mol. The van der Waals surface area contributed by atoms with Gasteiger partial charge in [0.25, 0.3) is 5.91 Å². The number of hydrogen-bond acceptors (Lipinski definition) is 5. The van der Waals surface area contributed by atoms with Crippen molar-refractivity contribution in [3.05, 3.63) is 35.9 Å². The minimum absolute atomic E-state index is 0.0216. The molecule has 3 fully saturated rings. The number of ether oxygens (including phenoxy) is 1. The highest BCUT2D eigenvalue weighted by Crippen LogP contribution is 2.54. The topological polar surface area (TPSA) is 66.9 Å². The molecule has 7 heteroatoms. The van der Waals surface area contributed by atoms with Crippen LogP contribution >= 0.6 is 11.8 Å². The summed E-state index contributed by atoms with van der Waals surface area (Å²) < 4.78 is 5.30. The summed E-state index contributed by atoms with van der Waals surface area (Å²) in [5, 5.41) is 0. The first-order valence-electron chi connectivity index (χ1n) is 9.08. The molecule has 2 amide bonds. The number of amides is 2. The molecule has 3 saturated heterocycles. The number of carbonyl (C=O) groups excluding carboxylic acids is 3. The summed E-state index contributed by atoms with van der Waals surface area (Å²) in [4.78, 5) is 40.2. The standard InChI is InChI=1S/C19H22N2O4S/c22-16-8-9-19(14-6-2-1-3-7-14)21(16)15(13-26-19)18(24)25-12-17(23)20-10-4-5-11-20/h1-3,6-7,15H,4-5,8-13H2/t15-,19-/m1/s1. The zero-order chi connectivity index (χ0) is 18.1. The van der Waals surface area contributed by atoms with Crippen molar-refractivity contribution >= 4 is 29.5 Å². The van der Waals surface area contributed by atoms with Crippen molar-refractivity contribution in [3.8, 4) is 0 Å². The highest BCUT2D eigenvalue weighted by molar-refractivity contribution is 8.00. The number of rotatable bonds is 4. The third kappa shape index (κ3) is 2.88. The first-order chi connectivity index (χ1) is 12.6. The van der Waals surface area contributed by atoms with Gasteiger partial charge in [-0.05, 0) is 24.8 Å². The predicted molar refractivity (Wildman–Crippen MR) is 97.2 cm³/mol. The van der Waals surface area contributed by atoms with Crippen molar-refractivity contribution in [2.24, 2.45) is 0 Å². The van der Waals surface area contributed by atoms with E-state index < -0.39 is 16.9 Å². The lowest BCUT2D eigenvalue weighted by molar-refractivity contribution is -0.158. The van der Waals surface area contributed by atoms with E-state index in [-0.39, 0.29) is 18.4 Å². The zero-order valence-corrected chi connectivity index (χ0v) is 15.4. The normalized spacial score (nSPS) is 27.7. The van der Waals surface area contributed by atoms with E-state index in [9.17, 15) is 14.4 Å². The van der Waals surface area contributed by atoms with Crippen molar-refractivity contribution in [2.45, 2.75) is 36.6 Å². The summed E-state index contributed by atoms with van der Waals surface area (Å²) in [6, 6.07) is 9.22. The van der Waals surface area contributed by atoms with Gasteiger partial charge < -0.3 is 14.5 Å². The smallest absolute Gasteiger partial charge is 0.330 e. The van der Waals surface area contributed by atoms with Crippen molar-refractivity contribution in [1.82, 2.24) is 9.80 Å². The SMILES string of the molecule is O=C(OCC(=O)N1CCCC1)[C@H]1CS[C@@]2(c3ccccc3)CCC(=O)N12. The van der Waals surface area contributed by atoms with Gasteiger partial charge in [0.2, 0.25) is 5.91 Å². The van der Waals surface area contributed by atoms with Gasteiger partial charge in [-0.1, -0.05) is 30.3 Å². The van der Waals surface area contributed by atoms with Crippen LogP contribution in [0.2, 0.25) is 0 Å². The highest BCUT2D eigenvalue weighted by Gasteiger charge is 2.57. The monoisotopic (exact) mass is 374 g/mol. The van der Waals surface area contributed by atoms with Crippen LogP contribution in [0.4, 0.5) is 0 Å². The molecule has 138 valence electrons. The second kappa shape index (κ2) is 6.95. The van der Waals surface area contributed by atoms with Gasteiger partial charge in [-0.15, -0.1) is 11.8 Å². The molecule has 1 aromatic rings. The minimum Gasteiger partial charge on any atom is -0.454 e. The summed E-state index contributed by atoms with van der Waals surface area (Å²) in [6.45, 7) is 1.23. The van der Waals surface area contributed by atoms with E-state index in [1.807, 2.05) is 30.3 Å². The first kappa shape index (κ1) is 17.4. The van der Waals surface area contributed by atoms with Crippen LogP contribution < -0.4 is 0 Å². The maximum atomic E-state index is 12.6. The number of benzene rings is 1. The fourth-order valence-electron chi connectivity index (χ4n) is 4.10. The number of nitrogens with zero attached hydrogens (tertiary/aromatic N) is 2. The van der Waals surface area contributed by atoms with Gasteiger partial charge in [-0.25, -0.2) is 4.79 Å². The largest absolute Gasteiger partial charge is 0.454 e. The maximum Gasteiger partial charge on any atom is 0.330 e. The molecule has 0 aromatic heterocycles. The third-order valence-electron chi connectivity index (χ3n) is 5.42. The number of carbonyl (C=O) groups is 3. The molecule has 0 unspecified atom stereocenters. The molecule has 26 heavy (non-hydrogen) atoms. The Morgan fingerprint density at radius 3 is 2.65 bits per heavy atom. The molecular formula is C19H22N2O4S. The predicted octanol–water partition coefficient (Wildman–Crippen LogP) is 1.74. The van der Waals surface area contributed by atoms with Crippen LogP contribution in [0, 0.1) is 0 Å². The van der Waals surface area contributed by atoms with E-state index in [1.165, 1.54) is 0 Å². The molecule has 3 aliphatic heterocycles. The van der Waals surface area contributed by atoms with Gasteiger partial charge in [0.1, 0.15) is 10.9 Å². The van der Waals surface area contributed by atoms with Crippen molar-refractivity contribution in [1.29, 1.82) is 0 Å². The molecule has 1 aromatic carbocycles. The maximum absolute atomic E-state index is 12.6. The van der Waals surface area contributed by atoms with Crippen LogP contribution in [-0.4, -0.2) is 59.1 Å². The molecule has 0 aliphatic carbocycles. The molecule has 2 atom stereocenters.